The zero-order chi connectivity index (χ0) is 9.59. The molecule has 0 spiro atoms. The van der Waals surface area contributed by atoms with Crippen LogP contribution in [0.15, 0.2) is 12.1 Å². The first-order valence-corrected chi connectivity index (χ1v) is 4.63. The molecule has 0 amide bonds. The van der Waals surface area contributed by atoms with Crippen LogP contribution in [0.4, 0.5) is 0 Å². The van der Waals surface area contributed by atoms with Crippen molar-refractivity contribution in [3.05, 3.63) is 28.0 Å². The second kappa shape index (κ2) is 2.89. The SMILES string of the molecule is Cc1nc2c(Cl)cc(Cl)cc2n1C. The molecule has 2 rings (SSSR count). The van der Waals surface area contributed by atoms with Gasteiger partial charge in [-0.05, 0) is 19.1 Å². The molecule has 0 fully saturated rings. The molecule has 13 heavy (non-hydrogen) atoms. The van der Waals surface area contributed by atoms with Crippen molar-refractivity contribution >= 4 is 34.2 Å². The van der Waals surface area contributed by atoms with E-state index in [1.807, 2.05) is 24.6 Å². The number of imidazole rings is 1. The van der Waals surface area contributed by atoms with E-state index in [2.05, 4.69) is 4.98 Å². The van der Waals surface area contributed by atoms with Gasteiger partial charge in [-0.15, -0.1) is 0 Å². The van der Waals surface area contributed by atoms with Crippen LogP contribution in [0.25, 0.3) is 11.0 Å². The van der Waals surface area contributed by atoms with E-state index >= 15 is 0 Å². The molecule has 0 unspecified atom stereocenters. The highest BCUT2D eigenvalue weighted by atomic mass is 35.5. The molecule has 0 radical (unpaired) electrons. The van der Waals surface area contributed by atoms with Crippen LogP contribution >= 0.6 is 23.2 Å². The Kier molecular flexibility index (Phi) is 1.97. The van der Waals surface area contributed by atoms with Gasteiger partial charge in [-0.25, -0.2) is 4.98 Å². The zero-order valence-corrected chi connectivity index (χ0v) is 8.82. The van der Waals surface area contributed by atoms with Gasteiger partial charge in [0, 0.05) is 12.1 Å². The Labute approximate surface area is 86.1 Å². The van der Waals surface area contributed by atoms with Gasteiger partial charge in [0.15, 0.2) is 0 Å². The van der Waals surface area contributed by atoms with Crippen molar-refractivity contribution in [3.8, 4) is 0 Å². The number of aryl methyl sites for hydroxylation is 2. The predicted molar refractivity (Wildman–Crippen MR) is 55.5 cm³/mol. The lowest BCUT2D eigenvalue weighted by molar-refractivity contribution is 0.886. The molecule has 0 atom stereocenters. The van der Waals surface area contributed by atoms with E-state index in [0.29, 0.717) is 10.0 Å². The number of hydrogen-bond acceptors (Lipinski definition) is 1. The van der Waals surface area contributed by atoms with E-state index in [4.69, 9.17) is 23.2 Å². The van der Waals surface area contributed by atoms with E-state index < -0.39 is 0 Å². The summed E-state index contributed by atoms with van der Waals surface area (Å²) in [6, 6.07) is 3.57. The second-order valence-corrected chi connectivity index (χ2v) is 3.82. The zero-order valence-electron chi connectivity index (χ0n) is 7.31. The van der Waals surface area contributed by atoms with E-state index in [-0.39, 0.29) is 0 Å². The molecular formula is C9H8Cl2N2. The Bertz CT molecular complexity index is 474. The van der Waals surface area contributed by atoms with Crippen molar-refractivity contribution in [1.82, 2.24) is 9.55 Å². The van der Waals surface area contributed by atoms with Gasteiger partial charge in [0.25, 0.3) is 0 Å². The first kappa shape index (κ1) is 8.85. The van der Waals surface area contributed by atoms with Gasteiger partial charge in [0.2, 0.25) is 0 Å². The van der Waals surface area contributed by atoms with E-state index in [1.165, 1.54) is 0 Å². The quantitative estimate of drug-likeness (QED) is 0.659. The lowest BCUT2D eigenvalue weighted by Crippen LogP contribution is -1.89. The summed E-state index contributed by atoms with van der Waals surface area (Å²) in [6.45, 7) is 1.93. The molecule has 0 saturated heterocycles. The lowest BCUT2D eigenvalue weighted by Gasteiger charge is -1.97. The molecule has 1 heterocycles. The number of aromatic nitrogens is 2. The highest BCUT2D eigenvalue weighted by molar-refractivity contribution is 6.38. The summed E-state index contributed by atoms with van der Waals surface area (Å²) in [7, 11) is 1.94. The maximum absolute atomic E-state index is 5.99. The molecular weight excluding hydrogens is 207 g/mol. The predicted octanol–water partition coefficient (Wildman–Crippen LogP) is 3.19. The van der Waals surface area contributed by atoms with E-state index in [1.54, 1.807) is 6.07 Å². The smallest absolute Gasteiger partial charge is 0.107 e. The summed E-state index contributed by atoms with van der Waals surface area (Å²) in [6.07, 6.45) is 0. The van der Waals surface area contributed by atoms with Crippen molar-refractivity contribution in [2.45, 2.75) is 6.92 Å². The molecule has 1 aromatic carbocycles. The van der Waals surface area contributed by atoms with Gasteiger partial charge in [-0.3, -0.25) is 0 Å². The fourth-order valence-corrected chi connectivity index (χ4v) is 1.85. The van der Waals surface area contributed by atoms with Gasteiger partial charge in [0.05, 0.1) is 10.5 Å². The Morgan fingerprint density at radius 1 is 1.31 bits per heavy atom. The maximum atomic E-state index is 5.99. The normalized spacial score (nSPS) is 11.1. The number of halogens is 2. The molecule has 0 N–H and O–H groups in total. The largest absolute Gasteiger partial charge is 0.331 e. The van der Waals surface area contributed by atoms with Crippen molar-refractivity contribution < 1.29 is 0 Å². The molecule has 0 aliphatic heterocycles. The summed E-state index contributed by atoms with van der Waals surface area (Å²) in [5.74, 6) is 0.930. The number of hydrogen-bond donors (Lipinski definition) is 0. The number of nitrogens with zero attached hydrogens (tertiary/aromatic N) is 2. The minimum Gasteiger partial charge on any atom is -0.331 e. The lowest BCUT2D eigenvalue weighted by atomic mass is 10.3. The Hall–Kier alpha value is -0.730. The average Bonchev–Trinajstić information content (AvgIpc) is 2.32. The molecule has 2 nitrogen and oxygen atoms in total. The van der Waals surface area contributed by atoms with Crippen LogP contribution in [0.5, 0.6) is 0 Å². The average molecular weight is 215 g/mol. The van der Waals surface area contributed by atoms with Crippen molar-refractivity contribution in [3.63, 3.8) is 0 Å². The van der Waals surface area contributed by atoms with Crippen molar-refractivity contribution in [2.24, 2.45) is 7.05 Å². The summed E-state index contributed by atoms with van der Waals surface area (Å²) < 4.78 is 1.97. The third-order valence-corrected chi connectivity index (χ3v) is 2.63. The molecule has 0 aliphatic rings. The molecule has 0 bridgehead atoms. The van der Waals surface area contributed by atoms with Crippen LogP contribution in [0.2, 0.25) is 10.0 Å². The third-order valence-electron chi connectivity index (χ3n) is 2.13. The van der Waals surface area contributed by atoms with Crippen LogP contribution in [-0.2, 0) is 7.05 Å². The van der Waals surface area contributed by atoms with Crippen LogP contribution in [0, 0.1) is 6.92 Å². The molecule has 68 valence electrons. The molecule has 0 saturated carbocycles. The van der Waals surface area contributed by atoms with Gasteiger partial charge in [-0.1, -0.05) is 23.2 Å². The molecule has 4 heteroatoms. The van der Waals surface area contributed by atoms with Crippen molar-refractivity contribution in [2.75, 3.05) is 0 Å². The summed E-state index contributed by atoms with van der Waals surface area (Å²) in [4.78, 5) is 4.33. The van der Waals surface area contributed by atoms with E-state index in [0.717, 1.165) is 16.9 Å². The van der Waals surface area contributed by atoms with Gasteiger partial charge < -0.3 is 4.57 Å². The van der Waals surface area contributed by atoms with Gasteiger partial charge in [-0.2, -0.15) is 0 Å². The van der Waals surface area contributed by atoms with E-state index in [9.17, 15) is 0 Å². The van der Waals surface area contributed by atoms with Gasteiger partial charge >= 0.3 is 0 Å². The van der Waals surface area contributed by atoms with Crippen LogP contribution in [0.1, 0.15) is 5.82 Å². The second-order valence-electron chi connectivity index (χ2n) is 2.97. The summed E-state index contributed by atoms with van der Waals surface area (Å²) in [5.41, 5.74) is 1.78. The van der Waals surface area contributed by atoms with Crippen LogP contribution < -0.4 is 0 Å². The minimum absolute atomic E-state index is 0.603. The Morgan fingerprint density at radius 3 is 2.69 bits per heavy atom. The highest BCUT2D eigenvalue weighted by Crippen LogP contribution is 2.27. The Morgan fingerprint density at radius 2 is 2.00 bits per heavy atom. The fourth-order valence-electron chi connectivity index (χ4n) is 1.33. The molecule has 2 aromatic rings. The number of rotatable bonds is 0. The van der Waals surface area contributed by atoms with Gasteiger partial charge in [0.1, 0.15) is 11.3 Å². The first-order chi connectivity index (χ1) is 6.09. The summed E-state index contributed by atoms with van der Waals surface area (Å²) >= 11 is 11.9. The summed E-state index contributed by atoms with van der Waals surface area (Å²) in [5, 5.41) is 1.24. The number of benzene rings is 1. The first-order valence-electron chi connectivity index (χ1n) is 3.87. The topological polar surface area (TPSA) is 17.8 Å². The van der Waals surface area contributed by atoms with Crippen LogP contribution in [-0.4, -0.2) is 9.55 Å². The number of fused-ring (bicyclic) bond motifs is 1. The Balaban J connectivity index is 2.94. The fraction of sp³-hybridized carbons (Fsp3) is 0.222. The molecule has 0 aliphatic carbocycles. The monoisotopic (exact) mass is 214 g/mol. The van der Waals surface area contributed by atoms with Crippen LogP contribution in [0.3, 0.4) is 0 Å². The highest BCUT2D eigenvalue weighted by Gasteiger charge is 2.08. The molecule has 1 aromatic heterocycles. The third kappa shape index (κ3) is 1.30. The maximum Gasteiger partial charge on any atom is 0.107 e. The van der Waals surface area contributed by atoms with Crippen molar-refractivity contribution in [1.29, 1.82) is 0 Å². The minimum atomic E-state index is 0.603. The standard InChI is InChI=1S/C9H8Cl2N2/c1-5-12-9-7(11)3-6(10)4-8(9)13(5)2/h3-4H,1-2H3.